The normalized spacial score (nSPS) is 10.9. The average Bonchev–Trinajstić information content (AvgIpc) is 2.88. The fourth-order valence-corrected chi connectivity index (χ4v) is 1.96. The molecule has 0 aliphatic rings. The minimum Gasteiger partial charge on any atom is -0.484 e. The summed E-state index contributed by atoms with van der Waals surface area (Å²) in [7, 11) is 0. The lowest BCUT2D eigenvalue weighted by Crippen LogP contribution is -1.95. The standard InChI is InChI=1S/C16H15NO3/c1-11-2-5-13(6-3-11)19-10-16-17-14-7-4-12(9-18)8-15(14)20-16/h2-8,18H,9-10H2,1H3. The van der Waals surface area contributed by atoms with Crippen LogP contribution in [0.2, 0.25) is 0 Å². The largest absolute Gasteiger partial charge is 0.484 e. The van der Waals surface area contributed by atoms with E-state index in [1.165, 1.54) is 5.56 Å². The van der Waals surface area contributed by atoms with Gasteiger partial charge in [0.1, 0.15) is 11.3 Å². The Labute approximate surface area is 116 Å². The molecule has 0 aliphatic carbocycles. The van der Waals surface area contributed by atoms with E-state index in [2.05, 4.69) is 4.98 Å². The minimum atomic E-state index is -0.00810. The molecule has 102 valence electrons. The summed E-state index contributed by atoms with van der Waals surface area (Å²) < 4.78 is 11.2. The Morgan fingerprint density at radius 2 is 1.95 bits per heavy atom. The Hall–Kier alpha value is -2.33. The number of oxazole rings is 1. The van der Waals surface area contributed by atoms with Crippen molar-refractivity contribution in [1.29, 1.82) is 0 Å². The lowest BCUT2D eigenvalue weighted by atomic mass is 10.2. The van der Waals surface area contributed by atoms with Crippen molar-refractivity contribution in [2.75, 3.05) is 0 Å². The molecule has 0 spiro atoms. The Bertz CT molecular complexity index is 716. The molecule has 0 atom stereocenters. The molecule has 20 heavy (non-hydrogen) atoms. The van der Waals surface area contributed by atoms with Gasteiger partial charge in [-0.15, -0.1) is 0 Å². The van der Waals surface area contributed by atoms with Crippen LogP contribution in [0.25, 0.3) is 11.1 Å². The van der Waals surface area contributed by atoms with E-state index in [1.807, 2.05) is 43.3 Å². The van der Waals surface area contributed by atoms with Gasteiger partial charge in [-0.25, -0.2) is 4.98 Å². The number of fused-ring (bicyclic) bond motifs is 1. The molecule has 0 bridgehead atoms. The molecule has 1 heterocycles. The molecule has 0 saturated heterocycles. The first-order valence-corrected chi connectivity index (χ1v) is 6.43. The molecule has 1 aromatic heterocycles. The van der Waals surface area contributed by atoms with Crippen molar-refractivity contribution < 1.29 is 14.3 Å². The van der Waals surface area contributed by atoms with Crippen molar-refractivity contribution in [3.8, 4) is 5.75 Å². The quantitative estimate of drug-likeness (QED) is 0.790. The van der Waals surface area contributed by atoms with Crippen molar-refractivity contribution in [2.45, 2.75) is 20.1 Å². The van der Waals surface area contributed by atoms with E-state index < -0.39 is 0 Å². The van der Waals surface area contributed by atoms with E-state index in [0.29, 0.717) is 11.5 Å². The molecule has 0 amide bonds. The van der Waals surface area contributed by atoms with Gasteiger partial charge < -0.3 is 14.3 Å². The zero-order chi connectivity index (χ0) is 13.9. The third-order valence-corrected chi connectivity index (χ3v) is 3.06. The van der Waals surface area contributed by atoms with Crippen molar-refractivity contribution >= 4 is 11.1 Å². The van der Waals surface area contributed by atoms with Gasteiger partial charge in [-0.3, -0.25) is 0 Å². The Kier molecular flexibility index (Phi) is 3.39. The van der Waals surface area contributed by atoms with Crippen LogP contribution in [-0.4, -0.2) is 10.1 Å². The summed E-state index contributed by atoms with van der Waals surface area (Å²) in [4.78, 5) is 4.35. The predicted molar refractivity (Wildman–Crippen MR) is 75.4 cm³/mol. The first-order chi connectivity index (χ1) is 9.74. The van der Waals surface area contributed by atoms with E-state index >= 15 is 0 Å². The molecular formula is C16H15NO3. The van der Waals surface area contributed by atoms with Crippen LogP contribution < -0.4 is 4.74 Å². The third kappa shape index (κ3) is 2.65. The first-order valence-electron chi connectivity index (χ1n) is 6.43. The molecule has 3 rings (SSSR count). The summed E-state index contributed by atoms with van der Waals surface area (Å²) in [5.74, 6) is 1.31. The number of ether oxygens (including phenoxy) is 1. The Morgan fingerprint density at radius 1 is 1.15 bits per heavy atom. The highest BCUT2D eigenvalue weighted by Crippen LogP contribution is 2.19. The maximum Gasteiger partial charge on any atom is 0.233 e. The van der Waals surface area contributed by atoms with Crippen molar-refractivity contribution in [3.63, 3.8) is 0 Å². The Balaban J connectivity index is 1.75. The van der Waals surface area contributed by atoms with Gasteiger partial charge in [-0.1, -0.05) is 23.8 Å². The van der Waals surface area contributed by atoms with Crippen molar-refractivity contribution in [1.82, 2.24) is 4.98 Å². The summed E-state index contributed by atoms with van der Waals surface area (Å²) in [5.41, 5.74) is 3.43. The molecule has 0 saturated carbocycles. The number of aromatic nitrogens is 1. The van der Waals surface area contributed by atoms with Gasteiger partial charge in [0, 0.05) is 0 Å². The number of aliphatic hydroxyl groups excluding tert-OH is 1. The number of hydrogen-bond donors (Lipinski definition) is 1. The van der Waals surface area contributed by atoms with Crippen LogP contribution in [0.3, 0.4) is 0 Å². The zero-order valence-corrected chi connectivity index (χ0v) is 11.2. The summed E-state index contributed by atoms with van der Waals surface area (Å²) >= 11 is 0. The highest BCUT2D eigenvalue weighted by atomic mass is 16.5. The maximum absolute atomic E-state index is 9.09. The molecule has 2 aromatic carbocycles. The van der Waals surface area contributed by atoms with Gasteiger partial charge in [0.15, 0.2) is 12.2 Å². The lowest BCUT2D eigenvalue weighted by Gasteiger charge is -2.03. The van der Waals surface area contributed by atoms with Crippen LogP contribution >= 0.6 is 0 Å². The average molecular weight is 269 g/mol. The number of nitrogens with zero attached hydrogens (tertiary/aromatic N) is 1. The molecule has 1 N–H and O–H groups in total. The summed E-state index contributed by atoms with van der Waals surface area (Å²) in [5, 5.41) is 9.09. The minimum absolute atomic E-state index is 0.00810. The molecule has 0 unspecified atom stereocenters. The SMILES string of the molecule is Cc1ccc(OCc2nc3ccc(CO)cc3o2)cc1. The van der Waals surface area contributed by atoms with Crippen LogP contribution in [0.1, 0.15) is 17.0 Å². The number of hydrogen-bond acceptors (Lipinski definition) is 4. The van der Waals surface area contributed by atoms with E-state index in [1.54, 1.807) is 6.07 Å². The first kappa shape index (κ1) is 12.7. The summed E-state index contributed by atoms with van der Waals surface area (Å²) in [6, 6.07) is 13.3. The van der Waals surface area contributed by atoms with E-state index in [-0.39, 0.29) is 13.2 Å². The fourth-order valence-electron chi connectivity index (χ4n) is 1.96. The van der Waals surface area contributed by atoms with E-state index in [0.717, 1.165) is 16.8 Å². The van der Waals surface area contributed by atoms with Gasteiger partial charge in [0.25, 0.3) is 0 Å². The smallest absolute Gasteiger partial charge is 0.233 e. The maximum atomic E-state index is 9.09. The molecule has 0 aliphatic heterocycles. The highest BCUT2D eigenvalue weighted by Gasteiger charge is 2.07. The molecular weight excluding hydrogens is 254 g/mol. The van der Waals surface area contributed by atoms with Crippen LogP contribution in [-0.2, 0) is 13.2 Å². The second-order valence-electron chi connectivity index (χ2n) is 4.67. The summed E-state index contributed by atoms with van der Waals surface area (Å²) in [6.45, 7) is 2.31. The van der Waals surface area contributed by atoms with Crippen LogP contribution in [0, 0.1) is 6.92 Å². The fraction of sp³-hybridized carbons (Fsp3) is 0.188. The monoisotopic (exact) mass is 269 g/mol. The second kappa shape index (κ2) is 5.35. The molecule has 0 fully saturated rings. The number of benzene rings is 2. The van der Waals surface area contributed by atoms with Gasteiger partial charge in [-0.05, 0) is 36.8 Å². The highest BCUT2D eigenvalue weighted by molar-refractivity contribution is 5.73. The third-order valence-electron chi connectivity index (χ3n) is 3.06. The number of aryl methyl sites for hydroxylation is 1. The molecule has 3 aromatic rings. The zero-order valence-electron chi connectivity index (χ0n) is 11.2. The van der Waals surface area contributed by atoms with Gasteiger partial charge >= 0.3 is 0 Å². The lowest BCUT2D eigenvalue weighted by molar-refractivity contribution is 0.267. The molecule has 4 nitrogen and oxygen atoms in total. The van der Waals surface area contributed by atoms with E-state index in [4.69, 9.17) is 14.3 Å². The van der Waals surface area contributed by atoms with E-state index in [9.17, 15) is 0 Å². The van der Waals surface area contributed by atoms with Crippen molar-refractivity contribution in [3.05, 3.63) is 59.5 Å². The topological polar surface area (TPSA) is 55.5 Å². The Morgan fingerprint density at radius 3 is 2.70 bits per heavy atom. The predicted octanol–water partition coefficient (Wildman–Crippen LogP) is 3.21. The van der Waals surface area contributed by atoms with Crippen LogP contribution in [0.15, 0.2) is 46.9 Å². The van der Waals surface area contributed by atoms with Gasteiger partial charge in [-0.2, -0.15) is 0 Å². The van der Waals surface area contributed by atoms with Crippen LogP contribution in [0.4, 0.5) is 0 Å². The number of aliphatic hydroxyl groups is 1. The summed E-state index contributed by atoms with van der Waals surface area (Å²) in [6.07, 6.45) is 0. The molecule has 0 radical (unpaired) electrons. The second-order valence-corrected chi connectivity index (χ2v) is 4.67. The molecule has 4 heteroatoms. The van der Waals surface area contributed by atoms with Crippen molar-refractivity contribution in [2.24, 2.45) is 0 Å². The number of rotatable bonds is 4. The van der Waals surface area contributed by atoms with Gasteiger partial charge in [0.05, 0.1) is 6.61 Å². The van der Waals surface area contributed by atoms with Gasteiger partial charge in [0.2, 0.25) is 5.89 Å². The van der Waals surface area contributed by atoms with Crippen LogP contribution in [0.5, 0.6) is 5.75 Å².